The number of rotatable bonds is 8. The molecule has 1 aromatic heterocycles. The second-order valence-corrected chi connectivity index (χ2v) is 8.06. The lowest BCUT2D eigenvalue weighted by molar-refractivity contribution is -0.156. The summed E-state index contributed by atoms with van der Waals surface area (Å²) >= 11 is 0. The van der Waals surface area contributed by atoms with E-state index in [9.17, 15) is 27.6 Å². The lowest BCUT2D eigenvalue weighted by Crippen LogP contribution is -2.15. The predicted molar refractivity (Wildman–Crippen MR) is 113 cm³/mol. The van der Waals surface area contributed by atoms with Crippen molar-refractivity contribution in [2.24, 2.45) is 11.8 Å². The summed E-state index contributed by atoms with van der Waals surface area (Å²) in [5.74, 6) is -2.14. The van der Waals surface area contributed by atoms with Crippen LogP contribution < -0.4 is 4.74 Å². The zero-order valence-electron chi connectivity index (χ0n) is 19.0. The van der Waals surface area contributed by atoms with Crippen LogP contribution in [0.25, 0.3) is 17.6 Å². The molecule has 0 amide bonds. The van der Waals surface area contributed by atoms with Crippen LogP contribution in [0, 0.1) is 11.8 Å². The van der Waals surface area contributed by atoms with E-state index < -0.39 is 35.6 Å². The predicted octanol–water partition coefficient (Wildman–Crippen LogP) is 4.72. The Hall–Kier alpha value is -3.70. The van der Waals surface area contributed by atoms with Crippen molar-refractivity contribution in [1.29, 1.82) is 0 Å². The molecule has 184 valence electrons. The SMILES string of the molecule is CC(C)COC(=O)Oc1cc(-c2ncn(/C=C\C(=O)OC(=O)CC(C)C)n2)cc(C(F)(F)F)c1. The van der Waals surface area contributed by atoms with E-state index in [-0.39, 0.29) is 36.3 Å². The van der Waals surface area contributed by atoms with Gasteiger partial charge in [-0.25, -0.2) is 19.3 Å². The molecule has 0 unspecified atom stereocenters. The Morgan fingerprint density at radius 1 is 1.09 bits per heavy atom. The summed E-state index contributed by atoms with van der Waals surface area (Å²) in [6.07, 6.45) is -2.64. The van der Waals surface area contributed by atoms with Crippen LogP contribution in [0.1, 0.15) is 39.7 Å². The molecule has 0 aliphatic heterocycles. The summed E-state index contributed by atoms with van der Waals surface area (Å²) in [6, 6.07) is 2.59. The van der Waals surface area contributed by atoms with Gasteiger partial charge >= 0.3 is 24.3 Å². The van der Waals surface area contributed by atoms with E-state index in [1.165, 1.54) is 0 Å². The van der Waals surface area contributed by atoms with E-state index in [1.54, 1.807) is 27.7 Å². The van der Waals surface area contributed by atoms with Crippen molar-refractivity contribution in [2.45, 2.75) is 40.3 Å². The van der Waals surface area contributed by atoms with Crippen molar-refractivity contribution in [1.82, 2.24) is 14.8 Å². The molecule has 1 aromatic carbocycles. The molecule has 0 spiro atoms. The van der Waals surface area contributed by atoms with Gasteiger partial charge in [-0.1, -0.05) is 27.7 Å². The molecule has 0 aliphatic carbocycles. The van der Waals surface area contributed by atoms with Gasteiger partial charge in [0, 0.05) is 24.3 Å². The van der Waals surface area contributed by atoms with Crippen molar-refractivity contribution < 1.29 is 41.8 Å². The van der Waals surface area contributed by atoms with Crippen LogP contribution in [0.2, 0.25) is 0 Å². The smallest absolute Gasteiger partial charge is 0.434 e. The summed E-state index contributed by atoms with van der Waals surface area (Å²) in [6.45, 7) is 7.19. The zero-order valence-corrected chi connectivity index (χ0v) is 19.0. The molecule has 1 heterocycles. The van der Waals surface area contributed by atoms with Crippen LogP contribution in [0.3, 0.4) is 0 Å². The number of carbonyl (C=O) groups is 3. The monoisotopic (exact) mass is 483 g/mol. The first-order valence-electron chi connectivity index (χ1n) is 10.2. The van der Waals surface area contributed by atoms with Gasteiger partial charge in [0.1, 0.15) is 12.1 Å². The fourth-order valence-corrected chi connectivity index (χ4v) is 2.45. The number of benzene rings is 1. The van der Waals surface area contributed by atoms with Crippen LogP contribution in [-0.4, -0.2) is 39.5 Å². The topological polar surface area (TPSA) is 110 Å². The fraction of sp³-hybridized carbons (Fsp3) is 0.409. The molecule has 9 nitrogen and oxygen atoms in total. The molecule has 0 saturated carbocycles. The first-order valence-corrected chi connectivity index (χ1v) is 10.2. The maximum absolute atomic E-state index is 13.3. The van der Waals surface area contributed by atoms with E-state index in [2.05, 4.69) is 14.8 Å². The minimum Gasteiger partial charge on any atom is -0.434 e. The van der Waals surface area contributed by atoms with Crippen LogP contribution in [-0.2, 0) is 25.2 Å². The Morgan fingerprint density at radius 2 is 1.79 bits per heavy atom. The highest BCUT2D eigenvalue weighted by Crippen LogP contribution is 2.35. The third-order valence-corrected chi connectivity index (χ3v) is 3.89. The average molecular weight is 483 g/mol. The van der Waals surface area contributed by atoms with Crippen molar-refractivity contribution in [2.75, 3.05) is 6.61 Å². The molecule has 0 radical (unpaired) electrons. The molecule has 0 aliphatic rings. The molecule has 2 rings (SSSR count). The van der Waals surface area contributed by atoms with Gasteiger partial charge in [-0.2, -0.15) is 13.2 Å². The maximum atomic E-state index is 13.3. The van der Waals surface area contributed by atoms with E-state index in [1.807, 2.05) is 0 Å². The normalized spacial score (nSPS) is 11.8. The average Bonchev–Trinajstić information content (AvgIpc) is 3.18. The maximum Gasteiger partial charge on any atom is 0.513 e. The number of esters is 2. The Morgan fingerprint density at radius 3 is 2.41 bits per heavy atom. The first-order chi connectivity index (χ1) is 15.8. The van der Waals surface area contributed by atoms with Gasteiger partial charge in [-0.05, 0) is 30.0 Å². The standard InChI is InChI=1S/C22H24F3N3O6/c1-13(2)7-19(30)34-18(29)5-6-28-12-26-20(27-28)15-8-16(22(23,24)25)10-17(9-15)33-21(31)32-11-14(3)4/h5-6,8-10,12-14H,7,11H2,1-4H3/b6-5-. The Labute approximate surface area is 193 Å². The van der Waals surface area contributed by atoms with Crippen molar-refractivity contribution >= 4 is 24.3 Å². The van der Waals surface area contributed by atoms with Gasteiger partial charge in [-0.3, -0.25) is 4.79 Å². The lowest BCUT2D eigenvalue weighted by atomic mass is 10.1. The quantitative estimate of drug-likeness (QED) is 0.230. The highest BCUT2D eigenvalue weighted by atomic mass is 19.4. The van der Waals surface area contributed by atoms with Crippen molar-refractivity contribution in [3.8, 4) is 17.1 Å². The van der Waals surface area contributed by atoms with Gasteiger partial charge in [0.25, 0.3) is 0 Å². The zero-order chi connectivity index (χ0) is 25.5. The number of carbonyl (C=O) groups excluding carboxylic acids is 3. The highest BCUT2D eigenvalue weighted by molar-refractivity contribution is 5.93. The molecule has 0 saturated heterocycles. The van der Waals surface area contributed by atoms with E-state index in [0.717, 1.165) is 35.4 Å². The molecule has 0 N–H and O–H groups in total. The van der Waals surface area contributed by atoms with Crippen LogP contribution in [0.4, 0.5) is 18.0 Å². The summed E-state index contributed by atoms with van der Waals surface area (Å²) < 4.78 is 55.4. The van der Waals surface area contributed by atoms with Crippen LogP contribution in [0.5, 0.6) is 5.75 Å². The van der Waals surface area contributed by atoms with Gasteiger partial charge < -0.3 is 14.2 Å². The molecule has 12 heteroatoms. The van der Waals surface area contributed by atoms with E-state index in [0.29, 0.717) is 6.07 Å². The van der Waals surface area contributed by atoms with Gasteiger partial charge in [0.05, 0.1) is 12.2 Å². The minimum atomic E-state index is -4.73. The molecule has 0 fully saturated rings. The molecule has 2 aromatic rings. The first kappa shape index (κ1) is 26.6. The summed E-state index contributed by atoms with van der Waals surface area (Å²) in [5.41, 5.74) is -1.18. The van der Waals surface area contributed by atoms with Gasteiger partial charge in [0.2, 0.25) is 0 Å². The number of hydrogen-bond acceptors (Lipinski definition) is 8. The third kappa shape index (κ3) is 8.68. The molecule has 34 heavy (non-hydrogen) atoms. The fourth-order valence-electron chi connectivity index (χ4n) is 2.45. The second-order valence-electron chi connectivity index (χ2n) is 8.06. The summed E-state index contributed by atoms with van der Waals surface area (Å²) in [7, 11) is 0. The highest BCUT2D eigenvalue weighted by Gasteiger charge is 2.32. The number of nitrogens with zero attached hydrogens (tertiary/aromatic N) is 3. The Bertz CT molecular complexity index is 1060. The third-order valence-electron chi connectivity index (χ3n) is 3.89. The Balaban J connectivity index is 2.20. The molecular weight excluding hydrogens is 459 g/mol. The van der Waals surface area contributed by atoms with Gasteiger partial charge in [0.15, 0.2) is 5.82 Å². The van der Waals surface area contributed by atoms with Gasteiger partial charge in [-0.15, -0.1) is 5.10 Å². The molecular formula is C22H24F3N3O6. The number of alkyl halides is 3. The second kappa shape index (κ2) is 11.4. The number of halogens is 3. The van der Waals surface area contributed by atoms with Crippen LogP contribution >= 0.6 is 0 Å². The largest absolute Gasteiger partial charge is 0.513 e. The molecule has 0 bridgehead atoms. The van der Waals surface area contributed by atoms with Crippen molar-refractivity contribution in [3.63, 3.8) is 0 Å². The number of aromatic nitrogens is 3. The summed E-state index contributed by atoms with van der Waals surface area (Å²) in [4.78, 5) is 38.9. The Kier molecular flexibility index (Phi) is 8.93. The van der Waals surface area contributed by atoms with Crippen molar-refractivity contribution in [3.05, 3.63) is 36.2 Å². The minimum absolute atomic E-state index is 0.0106. The number of ether oxygens (including phenoxy) is 3. The van der Waals surface area contributed by atoms with Crippen LogP contribution in [0.15, 0.2) is 30.6 Å². The van der Waals surface area contributed by atoms with E-state index >= 15 is 0 Å². The number of hydrogen-bond donors (Lipinski definition) is 0. The summed E-state index contributed by atoms with van der Waals surface area (Å²) in [5, 5.41) is 3.97. The molecule has 0 atom stereocenters. The lowest BCUT2D eigenvalue weighted by Gasteiger charge is -2.12. The van der Waals surface area contributed by atoms with E-state index in [4.69, 9.17) is 9.47 Å².